The van der Waals surface area contributed by atoms with Crippen LogP contribution in [0.25, 0.3) is 10.9 Å². The SMILES string of the molecule is Cc1cc(C)c2[nH]c(C(=O)NC[C@H](C)n3nc(C)cc3C)c(C)c2c1. The van der Waals surface area contributed by atoms with Crippen LogP contribution in [0.4, 0.5) is 0 Å². The number of fused-ring (bicyclic) bond motifs is 1. The second kappa shape index (κ2) is 6.39. The highest BCUT2D eigenvalue weighted by Gasteiger charge is 2.17. The fraction of sp³-hybridized carbons (Fsp3) is 0.400. The molecule has 0 spiro atoms. The lowest BCUT2D eigenvalue weighted by Crippen LogP contribution is -2.31. The molecule has 1 aromatic carbocycles. The van der Waals surface area contributed by atoms with E-state index in [0.717, 1.165) is 33.4 Å². The summed E-state index contributed by atoms with van der Waals surface area (Å²) in [5.74, 6) is -0.0702. The van der Waals surface area contributed by atoms with Crippen molar-refractivity contribution in [1.82, 2.24) is 20.1 Å². The quantitative estimate of drug-likeness (QED) is 0.758. The van der Waals surface area contributed by atoms with Gasteiger partial charge in [-0.2, -0.15) is 5.10 Å². The summed E-state index contributed by atoms with van der Waals surface area (Å²) in [6, 6.07) is 6.41. The van der Waals surface area contributed by atoms with Crippen molar-refractivity contribution in [3.63, 3.8) is 0 Å². The molecule has 0 aliphatic carbocycles. The molecular formula is C20H26N4O. The number of aryl methyl sites for hydroxylation is 5. The average molecular weight is 338 g/mol. The van der Waals surface area contributed by atoms with Gasteiger partial charge in [0.15, 0.2) is 0 Å². The fourth-order valence-electron chi connectivity index (χ4n) is 3.52. The minimum atomic E-state index is -0.0702. The molecule has 3 aromatic rings. The monoisotopic (exact) mass is 338 g/mol. The molecule has 0 saturated carbocycles. The number of aromatic amines is 1. The highest BCUT2D eigenvalue weighted by Crippen LogP contribution is 2.26. The number of aromatic nitrogens is 3. The van der Waals surface area contributed by atoms with Gasteiger partial charge >= 0.3 is 0 Å². The van der Waals surface area contributed by atoms with E-state index in [1.54, 1.807) is 0 Å². The summed E-state index contributed by atoms with van der Waals surface area (Å²) in [6.45, 7) is 12.8. The summed E-state index contributed by atoms with van der Waals surface area (Å²) in [6.07, 6.45) is 0. The average Bonchev–Trinajstić information content (AvgIpc) is 3.05. The van der Waals surface area contributed by atoms with Gasteiger partial charge in [-0.05, 0) is 64.8 Å². The topological polar surface area (TPSA) is 62.7 Å². The smallest absolute Gasteiger partial charge is 0.268 e. The molecular weight excluding hydrogens is 312 g/mol. The van der Waals surface area contributed by atoms with Crippen molar-refractivity contribution in [2.75, 3.05) is 6.54 Å². The molecule has 2 N–H and O–H groups in total. The van der Waals surface area contributed by atoms with Crippen molar-refractivity contribution in [3.8, 4) is 0 Å². The Morgan fingerprint density at radius 1 is 1.20 bits per heavy atom. The zero-order valence-corrected chi connectivity index (χ0v) is 15.8. The number of H-pyrrole nitrogens is 1. The molecule has 0 aliphatic heterocycles. The van der Waals surface area contributed by atoms with Crippen LogP contribution < -0.4 is 5.32 Å². The van der Waals surface area contributed by atoms with Crippen molar-refractivity contribution >= 4 is 16.8 Å². The van der Waals surface area contributed by atoms with Gasteiger partial charge in [-0.15, -0.1) is 0 Å². The Labute approximate surface area is 148 Å². The number of carbonyl (C=O) groups excluding carboxylic acids is 1. The highest BCUT2D eigenvalue weighted by molar-refractivity contribution is 6.01. The number of nitrogens with zero attached hydrogens (tertiary/aromatic N) is 2. The van der Waals surface area contributed by atoms with E-state index in [0.29, 0.717) is 12.2 Å². The molecule has 0 radical (unpaired) electrons. The number of nitrogens with one attached hydrogen (secondary N) is 2. The molecule has 1 atom stereocenters. The predicted octanol–water partition coefficient (Wildman–Crippen LogP) is 3.90. The van der Waals surface area contributed by atoms with Gasteiger partial charge in [0.1, 0.15) is 5.69 Å². The summed E-state index contributed by atoms with van der Waals surface area (Å²) in [5, 5.41) is 8.65. The minimum Gasteiger partial charge on any atom is -0.350 e. The van der Waals surface area contributed by atoms with Crippen molar-refractivity contribution in [2.45, 2.75) is 47.6 Å². The third kappa shape index (κ3) is 3.18. The Morgan fingerprint density at radius 2 is 1.92 bits per heavy atom. The lowest BCUT2D eigenvalue weighted by atomic mass is 10.1. The first kappa shape index (κ1) is 17.3. The van der Waals surface area contributed by atoms with E-state index in [4.69, 9.17) is 0 Å². The molecule has 2 heterocycles. The Balaban J connectivity index is 1.80. The number of amides is 1. The van der Waals surface area contributed by atoms with E-state index >= 15 is 0 Å². The lowest BCUT2D eigenvalue weighted by Gasteiger charge is -2.15. The molecule has 0 aliphatic rings. The Kier molecular flexibility index (Phi) is 4.41. The fourth-order valence-corrected chi connectivity index (χ4v) is 3.52. The maximum atomic E-state index is 12.7. The molecule has 2 aromatic heterocycles. The maximum absolute atomic E-state index is 12.7. The molecule has 1 amide bonds. The summed E-state index contributed by atoms with van der Waals surface area (Å²) in [4.78, 5) is 16.0. The normalized spacial score (nSPS) is 12.6. The maximum Gasteiger partial charge on any atom is 0.268 e. The van der Waals surface area contributed by atoms with Gasteiger partial charge in [0.2, 0.25) is 0 Å². The van der Waals surface area contributed by atoms with Gasteiger partial charge in [-0.1, -0.05) is 11.6 Å². The Hall–Kier alpha value is -2.56. The zero-order valence-electron chi connectivity index (χ0n) is 15.8. The first-order valence-corrected chi connectivity index (χ1v) is 8.68. The van der Waals surface area contributed by atoms with E-state index < -0.39 is 0 Å². The van der Waals surface area contributed by atoms with Crippen LogP contribution in [0, 0.1) is 34.6 Å². The van der Waals surface area contributed by atoms with Gasteiger partial charge in [-0.3, -0.25) is 9.48 Å². The van der Waals surface area contributed by atoms with Crippen LogP contribution in [-0.2, 0) is 0 Å². The van der Waals surface area contributed by atoms with Gasteiger partial charge in [0, 0.05) is 23.1 Å². The van der Waals surface area contributed by atoms with Crippen molar-refractivity contribution in [3.05, 3.63) is 52.0 Å². The van der Waals surface area contributed by atoms with Gasteiger partial charge in [0.05, 0.1) is 11.7 Å². The standard InChI is InChI=1S/C20H26N4O/c1-11-7-12(2)18-17(8-11)16(6)19(22-18)20(25)21-10-15(5)24-14(4)9-13(3)23-24/h7-9,15,22H,10H2,1-6H3,(H,21,25)/t15-/m0/s1. The molecule has 0 bridgehead atoms. The number of hydrogen-bond acceptors (Lipinski definition) is 2. The highest BCUT2D eigenvalue weighted by atomic mass is 16.1. The van der Waals surface area contributed by atoms with Crippen LogP contribution in [0.3, 0.4) is 0 Å². The van der Waals surface area contributed by atoms with Crippen LogP contribution in [0.1, 0.15) is 51.5 Å². The predicted molar refractivity (Wildman–Crippen MR) is 101 cm³/mol. The summed E-state index contributed by atoms with van der Waals surface area (Å²) >= 11 is 0. The number of carbonyl (C=O) groups is 1. The molecule has 3 rings (SSSR count). The van der Waals surface area contributed by atoms with Crippen molar-refractivity contribution in [2.24, 2.45) is 0 Å². The van der Waals surface area contributed by atoms with Crippen LogP contribution in [0.5, 0.6) is 0 Å². The van der Waals surface area contributed by atoms with Crippen molar-refractivity contribution in [1.29, 1.82) is 0 Å². The van der Waals surface area contributed by atoms with E-state index in [-0.39, 0.29) is 11.9 Å². The Bertz CT molecular complexity index is 948. The summed E-state index contributed by atoms with van der Waals surface area (Å²) in [7, 11) is 0. The minimum absolute atomic E-state index is 0.0702. The second-order valence-electron chi connectivity index (χ2n) is 7.06. The second-order valence-corrected chi connectivity index (χ2v) is 7.06. The van der Waals surface area contributed by atoms with Crippen LogP contribution in [0.15, 0.2) is 18.2 Å². The van der Waals surface area contributed by atoms with E-state index in [1.807, 2.05) is 31.5 Å². The summed E-state index contributed by atoms with van der Waals surface area (Å²) < 4.78 is 1.96. The molecule has 132 valence electrons. The number of benzene rings is 1. The van der Waals surface area contributed by atoms with E-state index in [1.165, 1.54) is 5.56 Å². The van der Waals surface area contributed by atoms with Crippen LogP contribution >= 0.6 is 0 Å². The van der Waals surface area contributed by atoms with Crippen LogP contribution in [-0.4, -0.2) is 27.2 Å². The van der Waals surface area contributed by atoms with E-state index in [2.05, 4.69) is 48.3 Å². The third-order valence-corrected chi connectivity index (χ3v) is 4.76. The third-order valence-electron chi connectivity index (χ3n) is 4.76. The van der Waals surface area contributed by atoms with Gasteiger partial charge in [-0.25, -0.2) is 0 Å². The molecule has 5 heteroatoms. The molecule has 0 unspecified atom stereocenters. The Morgan fingerprint density at radius 3 is 2.56 bits per heavy atom. The number of hydrogen-bond donors (Lipinski definition) is 2. The molecule has 0 saturated heterocycles. The zero-order chi connectivity index (χ0) is 18.3. The largest absolute Gasteiger partial charge is 0.350 e. The molecule has 0 fully saturated rings. The summed E-state index contributed by atoms with van der Waals surface area (Å²) in [5.41, 5.74) is 7.15. The lowest BCUT2D eigenvalue weighted by molar-refractivity contribution is 0.0943. The van der Waals surface area contributed by atoms with Gasteiger partial charge in [0.25, 0.3) is 5.91 Å². The molecule has 25 heavy (non-hydrogen) atoms. The van der Waals surface area contributed by atoms with E-state index in [9.17, 15) is 4.79 Å². The first-order valence-electron chi connectivity index (χ1n) is 8.68. The first-order chi connectivity index (χ1) is 11.8. The van der Waals surface area contributed by atoms with Gasteiger partial charge < -0.3 is 10.3 Å². The molecule has 5 nitrogen and oxygen atoms in total. The van der Waals surface area contributed by atoms with Crippen molar-refractivity contribution < 1.29 is 4.79 Å². The van der Waals surface area contributed by atoms with Crippen LogP contribution in [0.2, 0.25) is 0 Å². The number of rotatable bonds is 4.